The van der Waals surface area contributed by atoms with Gasteiger partial charge in [0.25, 0.3) is 0 Å². The summed E-state index contributed by atoms with van der Waals surface area (Å²) in [5, 5.41) is 0. The quantitative estimate of drug-likeness (QED) is 0.191. The number of unbranched alkanes of at least 4 members (excludes halogenated alkanes) is 14. The van der Waals surface area contributed by atoms with Crippen molar-refractivity contribution >= 4 is 0 Å². The Morgan fingerprint density at radius 2 is 0.960 bits per heavy atom. The van der Waals surface area contributed by atoms with Crippen LogP contribution in [0.2, 0.25) is 0 Å². The van der Waals surface area contributed by atoms with E-state index in [2.05, 4.69) is 34.1 Å². The average Bonchev–Trinajstić information content (AvgIpc) is 2.58. The van der Waals surface area contributed by atoms with Crippen LogP contribution >= 0.6 is 0 Å². The molecule has 25 heavy (non-hydrogen) atoms. The van der Waals surface area contributed by atoms with Crippen molar-refractivity contribution in [2.75, 3.05) is 0 Å². The third kappa shape index (κ3) is 20.2. The lowest BCUT2D eigenvalue weighted by atomic mass is 9.90. The molecule has 0 heteroatoms. The van der Waals surface area contributed by atoms with Gasteiger partial charge in [0.2, 0.25) is 0 Å². The molecule has 2 atom stereocenters. The third-order valence-electron chi connectivity index (χ3n) is 5.74. The Hall–Kier alpha value is 0. The summed E-state index contributed by atoms with van der Waals surface area (Å²) in [5.74, 6) is 1.81. The van der Waals surface area contributed by atoms with E-state index >= 15 is 0 Å². The first-order valence-corrected chi connectivity index (χ1v) is 12.0. The van der Waals surface area contributed by atoms with Gasteiger partial charge in [0.1, 0.15) is 0 Å². The smallest absolute Gasteiger partial charge is 0.0414 e. The molecule has 0 aliphatic rings. The van der Waals surface area contributed by atoms with E-state index in [1.807, 2.05) is 0 Å². The molecule has 0 aliphatic carbocycles. The van der Waals surface area contributed by atoms with Crippen molar-refractivity contribution in [2.24, 2.45) is 11.8 Å². The lowest BCUT2D eigenvalue weighted by Gasteiger charge is -2.16. The highest BCUT2D eigenvalue weighted by Crippen LogP contribution is 2.21. The first-order valence-electron chi connectivity index (χ1n) is 12.0. The lowest BCUT2D eigenvalue weighted by Crippen LogP contribution is -2.03. The van der Waals surface area contributed by atoms with Crippen LogP contribution in [0.3, 0.4) is 0 Å². The van der Waals surface area contributed by atoms with Crippen LogP contribution in [0.5, 0.6) is 0 Å². The second kappa shape index (κ2) is 20.3. The topological polar surface area (TPSA) is 0 Å². The molecule has 0 bridgehead atoms. The molecule has 0 saturated carbocycles. The van der Waals surface area contributed by atoms with Crippen LogP contribution in [0.1, 0.15) is 143 Å². The van der Waals surface area contributed by atoms with Crippen LogP contribution in [-0.2, 0) is 0 Å². The molecule has 0 aromatic rings. The molecule has 0 aliphatic heterocycles. The molecule has 0 fully saturated rings. The molecule has 0 N–H and O–H groups in total. The van der Waals surface area contributed by atoms with E-state index in [0.29, 0.717) is 0 Å². The Kier molecular flexibility index (Phi) is 20.3. The summed E-state index contributed by atoms with van der Waals surface area (Å²) in [4.78, 5) is 0. The first-order chi connectivity index (χ1) is 12.2. The van der Waals surface area contributed by atoms with Crippen LogP contribution in [0, 0.1) is 18.3 Å². The predicted molar refractivity (Wildman–Crippen MR) is 117 cm³/mol. The van der Waals surface area contributed by atoms with E-state index in [9.17, 15) is 0 Å². The van der Waals surface area contributed by atoms with Crippen molar-refractivity contribution in [1.29, 1.82) is 0 Å². The van der Waals surface area contributed by atoms with Gasteiger partial charge in [0.05, 0.1) is 0 Å². The Morgan fingerprint density at radius 3 is 1.36 bits per heavy atom. The predicted octanol–water partition coefficient (Wildman–Crippen LogP) is 9.52. The maximum atomic E-state index is 2.45. The lowest BCUT2D eigenvalue weighted by molar-refractivity contribution is 0.377. The fourth-order valence-electron chi connectivity index (χ4n) is 4.17. The van der Waals surface area contributed by atoms with Crippen molar-refractivity contribution in [3.05, 3.63) is 6.42 Å². The Labute approximate surface area is 161 Å². The molecular formula is C25H51. The molecular weight excluding hydrogens is 300 g/mol. The van der Waals surface area contributed by atoms with Crippen molar-refractivity contribution in [1.82, 2.24) is 0 Å². The minimum absolute atomic E-state index is 0.886. The maximum Gasteiger partial charge on any atom is -0.0414 e. The monoisotopic (exact) mass is 351 g/mol. The molecule has 0 saturated heterocycles. The minimum Gasteiger partial charge on any atom is -0.0654 e. The number of hydrogen-bond donors (Lipinski definition) is 0. The summed E-state index contributed by atoms with van der Waals surface area (Å²) in [6, 6.07) is 0. The summed E-state index contributed by atoms with van der Waals surface area (Å²) in [6.45, 7) is 9.35. The van der Waals surface area contributed by atoms with Gasteiger partial charge in [-0.1, -0.05) is 130 Å². The van der Waals surface area contributed by atoms with Crippen LogP contribution in [0.15, 0.2) is 0 Å². The van der Waals surface area contributed by atoms with Crippen LogP contribution < -0.4 is 0 Å². The molecule has 0 nitrogen and oxygen atoms in total. The van der Waals surface area contributed by atoms with Gasteiger partial charge in [-0.2, -0.15) is 0 Å². The zero-order valence-electron chi connectivity index (χ0n) is 18.5. The van der Waals surface area contributed by atoms with Crippen molar-refractivity contribution in [3.8, 4) is 0 Å². The highest BCUT2D eigenvalue weighted by molar-refractivity contribution is 4.66. The van der Waals surface area contributed by atoms with E-state index in [1.165, 1.54) is 116 Å². The Bertz CT molecular complexity index is 232. The highest BCUT2D eigenvalue weighted by atomic mass is 14.1. The van der Waals surface area contributed by atoms with Crippen LogP contribution in [0.25, 0.3) is 0 Å². The molecule has 151 valence electrons. The van der Waals surface area contributed by atoms with Gasteiger partial charge in [-0.15, -0.1) is 0 Å². The van der Waals surface area contributed by atoms with Gasteiger partial charge in [-0.3, -0.25) is 0 Å². The molecule has 1 radical (unpaired) electrons. The van der Waals surface area contributed by atoms with Gasteiger partial charge < -0.3 is 0 Å². The SMILES string of the molecule is C[CH]CC(C)CC(C)CCCCCCCCCCCCCCCCC. The molecule has 0 aromatic carbocycles. The molecule has 0 aromatic heterocycles. The molecule has 2 unspecified atom stereocenters. The van der Waals surface area contributed by atoms with Crippen LogP contribution in [-0.4, -0.2) is 0 Å². The van der Waals surface area contributed by atoms with Crippen molar-refractivity contribution in [3.63, 3.8) is 0 Å². The van der Waals surface area contributed by atoms with Crippen molar-refractivity contribution in [2.45, 2.75) is 143 Å². The van der Waals surface area contributed by atoms with Gasteiger partial charge in [0.15, 0.2) is 0 Å². The number of rotatable bonds is 20. The van der Waals surface area contributed by atoms with Crippen molar-refractivity contribution < 1.29 is 0 Å². The minimum atomic E-state index is 0.886. The molecule has 0 amide bonds. The van der Waals surface area contributed by atoms with E-state index in [0.717, 1.165) is 11.8 Å². The van der Waals surface area contributed by atoms with Gasteiger partial charge in [0, 0.05) is 0 Å². The second-order valence-corrected chi connectivity index (χ2v) is 8.83. The molecule has 0 rings (SSSR count). The fraction of sp³-hybridized carbons (Fsp3) is 0.960. The zero-order chi connectivity index (χ0) is 18.6. The van der Waals surface area contributed by atoms with Gasteiger partial charge >= 0.3 is 0 Å². The standard InChI is InChI=1S/C25H51/c1-5-7-8-9-10-11-12-13-14-15-16-17-18-19-20-22-25(4)23-24(3)21-6-2/h6,24-25H,5,7-23H2,1-4H3. The maximum absolute atomic E-state index is 2.45. The average molecular weight is 352 g/mol. The summed E-state index contributed by atoms with van der Waals surface area (Å²) in [6.07, 6.45) is 28.5. The normalized spacial score (nSPS) is 13.9. The summed E-state index contributed by atoms with van der Waals surface area (Å²) < 4.78 is 0. The first kappa shape index (κ1) is 25.0. The molecule has 0 spiro atoms. The largest absolute Gasteiger partial charge is 0.0654 e. The second-order valence-electron chi connectivity index (χ2n) is 8.83. The highest BCUT2D eigenvalue weighted by Gasteiger charge is 2.07. The Morgan fingerprint density at radius 1 is 0.560 bits per heavy atom. The van der Waals surface area contributed by atoms with Crippen LogP contribution in [0.4, 0.5) is 0 Å². The Balaban J connectivity index is 3.14. The van der Waals surface area contributed by atoms with E-state index in [-0.39, 0.29) is 0 Å². The summed E-state index contributed by atoms with van der Waals surface area (Å²) in [5.41, 5.74) is 0. The van der Waals surface area contributed by atoms with E-state index in [4.69, 9.17) is 0 Å². The van der Waals surface area contributed by atoms with E-state index in [1.54, 1.807) is 0 Å². The fourth-order valence-corrected chi connectivity index (χ4v) is 4.17. The number of hydrogen-bond acceptors (Lipinski definition) is 0. The van der Waals surface area contributed by atoms with Gasteiger partial charge in [-0.05, 0) is 31.1 Å². The zero-order valence-corrected chi connectivity index (χ0v) is 18.5. The summed E-state index contributed by atoms with van der Waals surface area (Å²) >= 11 is 0. The van der Waals surface area contributed by atoms with Gasteiger partial charge in [-0.25, -0.2) is 0 Å². The third-order valence-corrected chi connectivity index (χ3v) is 5.74. The summed E-state index contributed by atoms with van der Waals surface area (Å²) in [7, 11) is 0. The molecule has 0 heterocycles. The van der Waals surface area contributed by atoms with E-state index < -0.39 is 0 Å².